The lowest BCUT2D eigenvalue weighted by Crippen LogP contribution is -2.09. The van der Waals surface area contributed by atoms with Crippen LogP contribution in [0.1, 0.15) is 32.0 Å². The van der Waals surface area contributed by atoms with Crippen molar-refractivity contribution in [3.8, 4) is 17.2 Å². The molecule has 1 aromatic carbocycles. The van der Waals surface area contributed by atoms with Gasteiger partial charge in [0.05, 0.1) is 17.5 Å². The molecule has 1 atom stereocenters. The third-order valence-electron chi connectivity index (χ3n) is 4.39. The van der Waals surface area contributed by atoms with Gasteiger partial charge in [0.25, 0.3) is 0 Å². The molecule has 0 saturated carbocycles. The van der Waals surface area contributed by atoms with Crippen LogP contribution < -0.4 is 4.72 Å². The van der Waals surface area contributed by atoms with Crippen molar-refractivity contribution in [2.24, 2.45) is 0 Å². The molecule has 0 amide bonds. The van der Waals surface area contributed by atoms with Crippen LogP contribution in [0.4, 0.5) is 5.69 Å². The van der Waals surface area contributed by atoms with Gasteiger partial charge in [-0.05, 0) is 37.6 Å². The lowest BCUT2D eigenvalue weighted by Gasteiger charge is -2.13. The Labute approximate surface area is 153 Å². The van der Waals surface area contributed by atoms with Crippen molar-refractivity contribution in [2.75, 3.05) is 11.0 Å². The Morgan fingerprint density at radius 3 is 2.65 bits per heavy atom. The maximum Gasteiger partial charge on any atom is 0.229 e. The SMILES string of the molecule is CC[C@@H](C)n1cc(-c2ccc(C#N)nc2)c2ccc(NS(C)(=O)=O)cc21. The van der Waals surface area contributed by atoms with E-state index in [2.05, 4.69) is 34.3 Å². The highest BCUT2D eigenvalue weighted by molar-refractivity contribution is 7.92. The zero-order valence-corrected chi connectivity index (χ0v) is 15.7. The van der Waals surface area contributed by atoms with E-state index in [0.717, 1.165) is 34.7 Å². The number of rotatable bonds is 5. The monoisotopic (exact) mass is 368 g/mol. The average Bonchev–Trinajstić information content (AvgIpc) is 2.98. The number of nitriles is 1. The Morgan fingerprint density at radius 2 is 2.08 bits per heavy atom. The van der Waals surface area contributed by atoms with Crippen molar-refractivity contribution in [3.63, 3.8) is 0 Å². The van der Waals surface area contributed by atoms with E-state index in [1.54, 1.807) is 18.3 Å². The van der Waals surface area contributed by atoms with Crippen LogP contribution in [0.15, 0.2) is 42.7 Å². The van der Waals surface area contributed by atoms with Gasteiger partial charge >= 0.3 is 0 Å². The molecule has 134 valence electrons. The minimum Gasteiger partial charge on any atom is -0.344 e. The summed E-state index contributed by atoms with van der Waals surface area (Å²) in [7, 11) is -3.34. The smallest absolute Gasteiger partial charge is 0.229 e. The molecule has 6 nitrogen and oxygen atoms in total. The van der Waals surface area contributed by atoms with Gasteiger partial charge < -0.3 is 4.57 Å². The highest BCUT2D eigenvalue weighted by Crippen LogP contribution is 2.34. The molecule has 0 aliphatic carbocycles. The molecule has 0 aliphatic heterocycles. The van der Waals surface area contributed by atoms with Gasteiger partial charge in [-0.1, -0.05) is 13.0 Å². The number of hydrogen-bond acceptors (Lipinski definition) is 4. The first-order chi connectivity index (χ1) is 12.3. The van der Waals surface area contributed by atoms with Crippen molar-refractivity contribution in [1.82, 2.24) is 9.55 Å². The third-order valence-corrected chi connectivity index (χ3v) is 5.00. The fourth-order valence-electron chi connectivity index (χ4n) is 2.94. The maximum atomic E-state index is 11.5. The number of hydrogen-bond donors (Lipinski definition) is 1. The Morgan fingerprint density at radius 1 is 1.31 bits per heavy atom. The molecule has 7 heteroatoms. The number of nitrogens with zero attached hydrogens (tertiary/aromatic N) is 3. The number of nitrogens with one attached hydrogen (secondary N) is 1. The average molecular weight is 368 g/mol. The summed E-state index contributed by atoms with van der Waals surface area (Å²) in [5.74, 6) is 0. The van der Waals surface area contributed by atoms with Crippen LogP contribution in [-0.2, 0) is 10.0 Å². The van der Waals surface area contributed by atoms with E-state index in [0.29, 0.717) is 11.4 Å². The summed E-state index contributed by atoms with van der Waals surface area (Å²) in [4.78, 5) is 4.16. The predicted octanol–water partition coefficient (Wildman–Crippen LogP) is 3.92. The van der Waals surface area contributed by atoms with Gasteiger partial charge in [-0.25, -0.2) is 13.4 Å². The summed E-state index contributed by atoms with van der Waals surface area (Å²) < 4.78 is 27.8. The summed E-state index contributed by atoms with van der Waals surface area (Å²) >= 11 is 0. The standard InChI is InChI=1S/C19H20N4O2S/c1-4-13(2)23-12-18(14-5-6-16(10-20)21-11-14)17-8-7-15(9-19(17)23)22-26(3,24)25/h5-9,11-13,22H,4H2,1-3H3/t13-/m1/s1. The minimum absolute atomic E-state index is 0.256. The van der Waals surface area contributed by atoms with E-state index >= 15 is 0 Å². The maximum absolute atomic E-state index is 11.5. The van der Waals surface area contributed by atoms with Crippen LogP contribution in [0, 0.1) is 11.3 Å². The van der Waals surface area contributed by atoms with E-state index in [1.807, 2.05) is 24.3 Å². The van der Waals surface area contributed by atoms with Crippen molar-refractivity contribution >= 4 is 26.6 Å². The Balaban J connectivity index is 2.19. The van der Waals surface area contributed by atoms with Crippen LogP contribution in [0.25, 0.3) is 22.0 Å². The third kappa shape index (κ3) is 3.55. The normalized spacial score (nSPS) is 12.7. The molecule has 2 heterocycles. The summed E-state index contributed by atoms with van der Waals surface area (Å²) in [6.07, 6.45) is 5.83. The molecular weight excluding hydrogens is 348 g/mol. The zero-order valence-electron chi connectivity index (χ0n) is 14.9. The quantitative estimate of drug-likeness (QED) is 0.739. The summed E-state index contributed by atoms with van der Waals surface area (Å²) in [6, 6.07) is 11.4. The van der Waals surface area contributed by atoms with E-state index in [9.17, 15) is 8.42 Å². The summed E-state index contributed by atoms with van der Waals surface area (Å²) in [5.41, 5.74) is 3.78. The molecule has 3 aromatic rings. The second kappa shape index (κ2) is 6.81. The molecule has 0 spiro atoms. The van der Waals surface area contributed by atoms with Gasteiger partial charge in [0, 0.05) is 34.9 Å². The van der Waals surface area contributed by atoms with Crippen molar-refractivity contribution < 1.29 is 8.42 Å². The van der Waals surface area contributed by atoms with Gasteiger partial charge in [-0.15, -0.1) is 0 Å². The largest absolute Gasteiger partial charge is 0.344 e. The van der Waals surface area contributed by atoms with Crippen LogP contribution in [0.2, 0.25) is 0 Å². The topological polar surface area (TPSA) is 87.8 Å². The van der Waals surface area contributed by atoms with Gasteiger partial charge in [-0.2, -0.15) is 5.26 Å². The molecular formula is C19H20N4O2S. The van der Waals surface area contributed by atoms with Crippen LogP contribution in [0.3, 0.4) is 0 Å². The Hall–Kier alpha value is -2.85. The Bertz CT molecular complexity index is 1090. The number of sulfonamides is 1. The molecule has 0 unspecified atom stereocenters. The van der Waals surface area contributed by atoms with E-state index in [1.165, 1.54) is 0 Å². The molecule has 0 bridgehead atoms. The number of fused-ring (bicyclic) bond motifs is 1. The molecule has 0 fully saturated rings. The fraction of sp³-hybridized carbons (Fsp3) is 0.263. The fourth-order valence-corrected chi connectivity index (χ4v) is 3.49. The molecule has 0 radical (unpaired) electrons. The molecule has 2 aromatic heterocycles. The van der Waals surface area contributed by atoms with Gasteiger partial charge in [0.2, 0.25) is 10.0 Å². The number of pyridine rings is 1. The van der Waals surface area contributed by atoms with Crippen molar-refractivity contribution in [1.29, 1.82) is 5.26 Å². The van der Waals surface area contributed by atoms with E-state index in [4.69, 9.17) is 5.26 Å². The predicted molar refractivity (Wildman–Crippen MR) is 103 cm³/mol. The lowest BCUT2D eigenvalue weighted by molar-refractivity contribution is 0.548. The van der Waals surface area contributed by atoms with E-state index in [-0.39, 0.29) is 6.04 Å². The molecule has 0 aliphatic rings. The molecule has 26 heavy (non-hydrogen) atoms. The van der Waals surface area contributed by atoms with Gasteiger partial charge in [0.1, 0.15) is 11.8 Å². The minimum atomic E-state index is -3.34. The van der Waals surface area contributed by atoms with Gasteiger partial charge in [0.15, 0.2) is 0 Å². The summed E-state index contributed by atoms with van der Waals surface area (Å²) in [6.45, 7) is 4.23. The molecule has 0 saturated heterocycles. The lowest BCUT2D eigenvalue weighted by atomic mass is 10.1. The number of aromatic nitrogens is 2. The van der Waals surface area contributed by atoms with Gasteiger partial charge in [-0.3, -0.25) is 4.72 Å². The first kappa shape index (κ1) is 18.0. The van der Waals surface area contributed by atoms with Crippen LogP contribution in [0.5, 0.6) is 0 Å². The van der Waals surface area contributed by atoms with Crippen LogP contribution >= 0.6 is 0 Å². The zero-order chi connectivity index (χ0) is 18.9. The first-order valence-corrected chi connectivity index (χ1v) is 10.2. The number of anilines is 1. The highest BCUT2D eigenvalue weighted by atomic mass is 32.2. The second-order valence-corrected chi connectivity index (χ2v) is 8.11. The summed E-state index contributed by atoms with van der Waals surface area (Å²) in [5, 5.41) is 9.94. The second-order valence-electron chi connectivity index (χ2n) is 6.36. The van der Waals surface area contributed by atoms with Crippen molar-refractivity contribution in [2.45, 2.75) is 26.3 Å². The number of benzene rings is 1. The van der Waals surface area contributed by atoms with E-state index < -0.39 is 10.0 Å². The first-order valence-electron chi connectivity index (χ1n) is 8.31. The highest BCUT2D eigenvalue weighted by Gasteiger charge is 2.15. The van der Waals surface area contributed by atoms with Crippen molar-refractivity contribution in [3.05, 3.63) is 48.4 Å². The molecule has 1 N–H and O–H groups in total. The molecule has 3 rings (SSSR count). The Kier molecular flexibility index (Phi) is 4.70. The van der Waals surface area contributed by atoms with Crippen LogP contribution in [-0.4, -0.2) is 24.2 Å².